The first-order valence-corrected chi connectivity index (χ1v) is 16.0. The van der Waals surface area contributed by atoms with E-state index < -0.39 is 40.5 Å². The van der Waals surface area contributed by atoms with Crippen molar-refractivity contribution in [1.29, 1.82) is 0 Å². The fourth-order valence-electron chi connectivity index (χ4n) is 8.59. The lowest BCUT2D eigenvalue weighted by Gasteiger charge is -2.51. The number of anilines is 2. The molecule has 2 aromatic rings. The average Bonchev–Trinajstić information content (AvgIpc) is 3.51. The molecule has 46 heavy (non-hydrogen) atoms. The average molecular weight is 642 g/mol. The van der Waals surface area contributed by atoms with Gasteiger partial charge in [0.15, 0.2) is 5.82 Å². The van der Waals surface area contributed by atoms with Crippen molar-refractivity contribution < 1.29 is 32.1 Å². The Hall–Kier alpha value is -3.40. The van der Waals surface area contributed by atoms with Crippen LogP contribution in [0, 0.1) is 23.1 Å². The highest BCUT2D eigenvalue weighted by molar-refractivity contribution is 5.59. The maximum absolute atomic E-state index is 15.6. The van der Waals surface area contributed by atoms with Gasteiger partial charge >= 0.3 is 12.2 Å². The Morgan fingerprint density at radius 3 is 2.74 bits per heavy atom. The Kier molecular flexibility index (Phi) is 7.73. The zero-order valence-corrected chi connectivity index (χ0v) is 26.0. The molecule has 3 saturated heterocycles. The van der Waals surface area contributed by atoms with E-state index in [-0.39, 0.29) is 36.1 Å². The monoisotopic (exact) mass is 641 g/mol. The number of piperidine rings is 1. The predicted molar refractivity (Wildman–Crippen MR) is 164 cm³/mol. The summed E-state index contributed by atoms with van der Waals surface area (Å²) < 4.78 is 71.4. The van der Waals surface area contributed by atoms with E-state index in [0.717, 1.165) is 76.2 Å². The number of hydrogen-bond acceptors (Lipinski definition) is 8. The standard InChI is InChI=1S/C34H39F4N5O3/c1-3-6-21-11-24(39)29(35)27(28(21)34(36,37)38)26-12-25-23(17-45-26)30(42-9-4-7-32(18-42)14-22(44)15-32)41-31(40-25)46-19-33-8-5-10-43(33)16-20(2)13-33/h11,22,26,44H,2,4-5,7-10,12-19,39H2,1H3/t22?,26?,32?,33-/m0/s1. The Morgan fingerprint density at radius 2 is 2.00 bits per heavy atom. The number of rotatable bonds is 5. The van der Waals surface area contributed by atoms with Crippen LogP contribution in [0.3, 0.4) is 0 Å². The van der Waals surface area contributed by atoms with Crippen molar-refractivity contribution in [3.05, 3.63) is 52.0 Å². The third-order valence-electron chi connectivity index (χ3n) is 10.6. The summed E-state index contributed by atoms with van der Waals surface area (Å²) in [6, 6.07) is 1.07. The molecule has 8 nitrogen and oxygen atoms in total. The molecule has 0 radical (unpaired) electrons. The maximum Gasteiger partial charge on any atom is 0.418 e. The molecule has 0 amide bonds. The second-order valence-electron chi connectivity index (χ2n) is 13.8. The molecule has 0 bridgehead atoms. The number of benzene rings is 1. The molecule has 5 aliphatic rings. The van der Waals surface area contributed by atoms with Gasteiger partial charge in [0.1, 0.15) is 12.4 Å². The quantitative estimate of drug-likeness (QED) is 0.196. The molecule has 1 aromatic carbocycles. The number of aromatic nitrogens is 2. The van der Waals surface area contributed by atoms with Gasteiger partial charge in [0.25, 0.3) is 0 Å². The number of nitrogens with two attached hydrogens (primary N) is 1. The lowest BCUT2D eigenvalue weighted by atomic mass is 9.62. The van der Waals surface area contributed by atoms with Gasteiger partial charge in [-0.25, -0.2) is 4.39 Å². The van der Waals surface area contributed by atoms with Crippen molar-refractivity contribution in [2.75, 3.05) is 43.4 Å². The molecular weight excluding hydrogens is 602 g/mol. The summed E-state index contributed by atoms with van der Waals surface area (Å²) in [5, 5.41) is 10.1. The topological polar surface area (TPSA) is 97.0 Å². The molecule has 1 saturated carbocycles. The van der Waals surface area contributed by atoms with E-state index in [1.165, 1.54) is 6.92 Å². The van der Waals surface area contributed by atoms with Crippen LogP contribution in [0.25, 0.3) is 0 Å². The van der Waals surface area contributed by atoms with E-state index in [1.54, 1.807) is 0 Å². The number of nitrogens with zero attached hydrogens (tertiary/aromatic N) is 4. The first kappa shape index (κ1) is 31.2. The molecule has 246 valence electrons. The highest BCUT2D eigenvalue weighted by Gasteiger charge is 2.49. The van der Waals surface area contributed by atoms with Crippen molar-refractivity contribution in [3.8, 4) is 17.9 Å². The Balaban J connectivity index is 1.27. The second kappa shape index (κ2) is 11.4. The minimum absolute atomic E-state index is 0.00881. The summed E-state index contributed by atoms with van der Waals surface area (Å²) in [4.78, 5) is 14.2. The van der Waals surface area contributed by atoms with Crippen molar-refractivity contribution in [2.45, 2.75) is 88.8 Å². The van der Waals surface area contributed by atoms with Crippen LogP contribution in [0.4, 0.5) is 29.1 Å². The van der Waals surface area contributed by atoms with E-state index >= 15 is 4.39 Å². The molecular formula is C34H39F4N5O3. The molecule has 12 heteroatoms. The molecule has 1 aromatic heterocycles. The number of halogens is 4. The number of hydrogen-bond donors (Lipinski definition) is 2. The van der Waals surface area contributed by atoms with E-state index in [2.05, 4.69) is 28.2 Å². The number of alkyl halides is 3. The van der Waals surface area contributed by atoms with Gasteiger partial charge in [-0.1, -0.05) is 18.1 Å². The lowest BCUT2D eigenvalue weighted by Crippen LogP contribution is -2.53. The zero-order chi connectivity index (χ0) is 32.4. The lowest BCUT2D eigenvalue weighted by molar-refractivity contribution is -0.140. The van der Waals surface area contributed by atoms with Crippen molar-refractivity contribution in [1.82, 2.24) is 14.9 Å². The summed E-state index contributed by atoms with van der Waals surface area (Å²) in [6.45, 7) is 9.08. The summed E-state index contributed by atoms with van der Waals surface area (Å²) in [5.74, 6) is 4.37. The predicted octanol–water partition coefficient (Wildman–Crippen LogP) is 5.32. The molecule has 5 heterocycles. The third kappa shape index (κ3) is 5.40. The Bertz CT molecular complexity index is 1620. The third-order valence-corrected chi connectivity index (χ3v) is 10.6. The number of fused-ring (bicyclic) bond motifs is 2. The van der Waals surface area contributed by atoms with Gasteiger partial charge in [-0.05, 0) is 69.9 Å². The molecule has 1 aliphatic carbocycles. The van der Waals surface area contributed by atoms with E-state index in [0.29, 0.717) is 30.2 Å². The van der Waals surface area contributed by atoms with Gasteiger partial charge in [-0.2, -0.15) is 23.1 Å². The number of aliphatic hydroxyl groups excluding tert-OH is 1. The molecule has 4 fully saturated rings. The highest BCUT2D eigenvalue weighted by Crippen LogP contribution is 2.50. The van der Waals surface area contributed by atoms with Crippen molar-refractivity contribution in [2.24, 2.45) is 5.41 Å². The SMILES string of the molecule is C=C1CN2CCC[C@@]2(COc2nc3c(c(N4CCCC5(CC(O)C5)C4)n2)COC(c2c(F)c(N)cc(C#CC)c2C(F)(F)F)C3)C1. The van der Waals surface area contributed by atoms with Crippen LogP contribution in [0.2, 0.25) is 0 Å². The molecule has 4 aliphatic heterocycles. The van der Waals surface area contributed by atoms with Crippen LogP contribution in [0.15, 0.2) is 18.2 Å². The van der Waals surface area contributed by atoms with Crippen LogP contribution in [-0.4, -0.2) is 64.4 Å². The second-order valence-corrected chi connectivity index (χ2v) is 13.8. The van der Waals surface area contributed by atoms with Gasteiger partial charge < -0.3 is 25.2 Å². The smallest absolute Gasteiger partial charge is 0.418 e. The Morgan fingerprint density at radius 1 is 1.22 bits per heavy atom. The summed E-state index contributed by atoms with van der Waals surface area (Å²) >= 11 is 0. The fraction of sp³-hybridized carbons (Fsp3) is 0.588. The zero-order valence-electron chi connectivity index (χ0n) is 26.0. The molecule has 2 atom stereocenters. The van der Waals surface area contributed by atoms with E-state index in [9.17, 15) is 18.3 Å². The van der Waals surface area contributed by atoms with Gasteiger partial charge in [-0.3, -0.25) is 4.90 Å². The summed E-state index contributed by atoms with van der Waals surface area (Å²) in [7, 11) is 0. The molecule has 3 N–H and O–H groups in total. The first-order chi connectivity index (χ1) is 21.9. The van der Waals surface area contributed by atoms with E-state index in [1.807, 2.05) is 0 Å². The minimum Gasteiger partial charge on any atom is -0.461 e. The fourth-order valence-corrected chi connectivity index (χ4v) is 8.59. The molecule has 1 unspecified atom stereocenters. The highest BCUT2D eigenvalue weighted by atomic mass is 19.4. The number of nitrogen functional groups attached to an aromatic ring is 1. The molecule has 7 rings (SSSR count). The van der Waals surface area contributed by atoms with Crippen LogP contribution in [-0.2, 0) is 23.9 Å². The van der Waals surface area contributed by atoms with Crippen molar-refractivity contribution >= 4 is 11.5 Å². The van der Waals surface area contributed by atoms with Gasteiger partial charge in [0.05, 0.1) is 41.3 Å². The summed E-state index contributed by atoms with van der Waals surface area (Å²) in [6.07, 6.45) is -0.424. The van der Waals surface area contributed by atoms with E-state index in [4.69, 9.17) is 25.2 Å². The first-order valence-electron chi connectivity index (χ1n) is 16.0. The van der Waals surface area contributed by atoms with Gasteiger partial charge in [-0.15, -0.1) is 5.92 Å². The van der Waals surface area contributed by atoms with Crippen molar-refractivity contribution in [3.63, 3.8) is 0 Å². The van der Waals surface area contributed by atoms with Crippen LogP contribution in [0.5, 0.6) is 6.01 Å². The van der Waals surface area contributed by atoms with Gasteiger partial charge in [0, 0.05) is 42.7 Å². The van der Waals surface area contributed by atoms with Crippen LogP contribution < -0.4 is 15.4 Å². The maximum atomic E-state index is 15.6. The van der Waals surface area contributed by atoms with Crippen LogP contribution in [0.1, 0.15) is 85.9 Å². The minimum atomic E-state index is -4.90. The largest absolute Gasteiger partial charge is 0.461 e. The number of ether oxygens (including phenoxy) is 2. The Labute approximate surface area is 266 Å². The van der Waals surface area contributed by atoms with Crippen LogP contribution >= 0.6 is 0 Å². The molecule has 1 spiro atoms. The normalized spacial score (nSPS) is 29.3. The van der Waals surface area contributed by atoms with Gasteiger partial charge in [0.2, 0.25) is 0 Å². The summed E-state index contributed by atoms with van der Waals surface area (Å²) in [5.41, 5.74) is 5.28. The number of aliphatic hydroxyl groups is 1.